The molecule has 0 fully saturated rings. The molecule has 5 heteroatoms. The predicted molar refractivity (Wildman–Crippen MR) is 63.2 cm³/mol. The lowest BCUT2D eigenvalue weighted by molar-refractivity contribution is 0.212. The van der Waals surface area contributed by atoms with Crippen LogP contribution in [0.1, 0.15) is 13.3 Å². The number of sulfone groups is 1. The highest BCUT2D eigenvalue weighted by Crippen LogP contribution is 2.11. The van der Waals surface area contributed by atoms with Crippen molar-refractivity contribution in [1.82, 2.24) is 0 Å². The minimum absolute atomic E-state index is 0.0513. The van der Waals surface area contributed by atoms with Crippen LogP contribution < -0.4 is 0 Å². The predicted octanol–water partition coefficient (Wildman–Crippen LogP) is 1.87. The van der Waals surface area contributed by atoms with E-state index in [2.05, 4.69) is 9.99 Å². The van der Waals surface area contributed by atoms with E-state index >= 15 is 0 Å². The van der Waals surface area contributed by atoms with Crippen molar-refractivity contribution in [2.45, 2.75) is 18.2 Å². The monoisotopic (exact) mass is 241 g/mol. The van der Waals surface area contributed by atoms with E-state index in [1.54, 1.807) is 37.3 Å². The van der Waals surface area contributed by atoms with Gasteiger partial charge in [-0.15, -0.1) is 0 Å². The van der Waals surface area contributed by atoms with E-state index in [0.29, 0.717) is 17.0 Å². The Labute approximate surface area is 95.8 Å². The largest absolute Gasteiger partial charge is 0.399 e. The Morgan fingerprint density at radius 3 is 2.50 bits per heavy atom. The summed E-state index contributed by atoms with van der Waals surface area (Å²) in [6, 6.07) is 8.40. The standard InChI is InChI=1S/C11H15NO3S/c1-10(12-15-2)8-9-16(13,14)11-6-4-3-5-7-11/h3-7H,8-9H2,1-2H3. The van der Waals surface area contributed by atoms with Gasteiger partial charge < -0.3 is 4.84 Å². The molecule has 1 aromatic rings. The zero-order valence-electron chi connectivity index (χ0n) is 9.38. The normalized spacial score (nSPS) is 12.5. The maximum atomic E-state index is 11.8. The number of benzene rings is 1. The average Bonchev–Trinajstić information content (AvgIpc) is 2.28. The zero-order valence-corrected chi connectivity index (χ0v) is 10.2. The van der Waals surface area contributed by atoms with Crippen molar-refractivity contribution in [3.05, 3.63) is 30.3 Å². The van der Waals surface area contributed by atoms with Gasteiger partial charge in [0.25, 0.3) is 0 Å². The summed E-state index contributed by atoms with van der Waals surface area (Å²) >= 11 is 0. The maximum absolute atomic E-state index is 11.8. The smallest absolute Gasteiger partial charge is 0.178 e. The van der Waals surface area contributed by atoms with Gasteiger partial charge in [0.05, 0.1) is 16.4 Å². The first-order valence-corrected chi connectivity index (χ1v) is 6.56. The molecular weight excluding hydrogens is 226 g/mol. The molecule has 0 saturated carbocycles. The van der Waals surface area contributed by atoms with Gasteiger partial charge in [-0.1, -0.05) is 23.4 Å². The van der Waals surface area contributed by atoms with E-state index in [-0.39, 0.29) is 5.75 Å². The van der Waals surface area contributed by atoms with Crippen molar-refractivity contribution in [2.24, 2.45) is 5.16 Å². The molecule has 0 heterocycles. The van der Waals surface area contributed by atoms with E-state index in [1.165, 1.54) is 7.11 Å². The average molecular weight is 241 g/mol. The minimum atomic E-state index is -3.21. The molecule has 1 rings (SSSR count). The Balaban J connectivity index is 2.71. The Morgan fingerprint density at radius 1 is 1.31 bits per heavy atom. The van der Waals surface area contributed by atoms with Crippen LogP contribution in [0.25, 0.3) is 0 Å². The van der Waals surface area contributed by atoms with Gasteiger partial charge in [0.15, 0.2) is 9.84 Å². The second-order valence-electron chi connectivity index (χ2n) is 3.39. The Kier molecular flexibility index (Phi) is 4.49. The third kappa shape index (κ3) is 3.66. The van der Waals surface area contributed by atoms with Crippen molar-refractivity contribution in [2.75, 3.05) is 12.9 Å². The lowest BCUT2D eigenvalue weighted by Crippen LogP contribution is -2.10. The molecule has 0 aliphatic rings. The molecular formula is C11H15NO3S. The van der Waals surface area contributed by atoms with E-state index in [1.807, 2.05) is 0 Å². The van der Waals surface area contributed by atoms with Crippen LogP contribution in [0.3, 0.4) is 0 Å². The quantitative estimate of drug-likeness (QED) is 0.584. The van der Waals surface area contributed by atoms with Gasteiger partial charge in [-0.2, -0.15) is 0 Å². The van der Waals surface area contributed by atoms with Gasteiger partial charge in [0.1, 0.15) is 7.11 Å². The van der Waals surface area contributed by atoms with E-state index in [9.17, 15) is 8.42 Å². The fourth-order valence-corrected chi connectivity index (χ4v) is 2.60. The summed E-state index contributed by atoms with van der Waals surface area (Å²) in [4.78, 5) is 4.92. The lowest BCUT2D eigenvalue weighted by Gasteiger charge is -2.03. The summed E-state index contributed by atoms with van der Waals surface area (Å²) in [5, 5.41) is 3.67. The maximum Gasteiger partial charge on any atom is 0.178 e. The van der Waals surface area contributed by atoms with E-state index in [4.69, 9.17) is 0 Å². The fourth-order valence-electron chi connectivity index (χ4n) is 1.23. The molecule has 4 nitrogen and oxygen atoms in total. The van der Waals surface area contributed by atoms with Crippen LogP contribution >= 0.6 is 0 Å². The Bertz CT molecular complexity index is 451. The molecule has 0 amide bonds. The first-order valence-electron chi connectivity index (χ1n) is 4.90. The van der Waals surface area contributed by atoms with Gasteiger partial charge in [-0.3, -0.25) is 0 Å². The topological polar surface area (TPSA) is 55.7 Å². The van der Waals surface area contributed by atoms with Crippen molar-refractivity contribution in [3.8, 4) is 0 Å². The van der Waals surface area contributed by atoms with Gasteiger partial charge in [0.2, 0.25) is 0 Å². The molecule has 16 heavy (non-hydrogen) atoms. The van der Waals surface area contributed by atoms with E-state index in [0.717, 1.165) is 0 Å². The van der Waals surface area contributed by atoms with Crippen molar-refractivity contribution < 1.29 is 13.3 Å². The molecule has 0 N–H and O–H groups in total. The van der Waals surface area contributed by atoms with Gasteiger partial charge in [-0.05, 0) is 19.1 Å². The molecule has 0 aliphatic heterocycles. The molecule has 0 atom stereocenters. The molecule has 1 aromatic carbocycles. The number of hydrogen-bond acceptors (Lipinski definition) is 4. The van der Waals surface area contributed by atoms with Crippen LogP contribution in [0.4, 0.5) is 0 Å². The summed E-state index contributed by atoms with van der Waals surface area (Å²) in [5.41, 5.74) is 0.669. The first-order chi connectivity index (χ1) is 7.56. The number of nitrogens with zero attached hydrogens (tertiary/aromatic N) is 1. The SMILES string of the molecule is CON=C(C)CCS(=O)(=O)c1ccccc1. The van der Waals surface area contributed by atoms with Crippen LogP contribution in [0.15, 0.2) is 40.4 Å². The van der Waals surface area contributed by atoms with E-state index < -0.39 is 9.84 Å². The molecule has 0 aromatic heterocycles. The highest BCUT2D eigenvalue weighted by atomic mass is 32.2. The highest BCUT2D eigenvalue weighted by molar-refractivity contribution is 7.91. The van der Waals surface area contributed by atoms with Crippen LogP contribution in [-0.4, -0.2) is 27.0 Å². The zero-order chi connectivity index (χ0) is 12.0. The second kappa shape index (κ2) is 5.65. The van der Waals surface area contributed by atoms with Crippen molar-refractivity contribution >= 4 is 15.5 Å². The third-order valence-corrected chi connectivity index (χ3v) is 3.81. The number of oxime groups is 1. The van der Waals surface area contributed by atoms with Gasteiger partial charge in [-0.25, -0.2) is 8.42 Å². The highest BCUT2D eigenvalue weighted by Gasteiger charge is 2.13. The van der Waals surface area contributed by atoms with Crippen LogP contribution in [0.2, 0.25) is 0 Å². The molecule has 0 saturated heterocycles. The fraction of sp³-hybridized carbons (Fsp3) is 0.364. The summed E-state index contributed by atoms with van der Waals surface area (Å²) in [6.45, 7) is 1.74. The molecule has 88 valence electrons. The number of hydrogen-bond donors (Lipinski definition) is 0. The second-order valence-corrected chi connectivity index (χ2v) is 5.50. The molecule has 0 aliphatic carbocycles. The Morgan fingerprint density at radius 2 is 1.94 bits per heavy atom. The van der Waals surface area contributed by atoms with Crippen molar-refractivity contribution in [3.63, 3.8) is 0 Å². The summed E-state index contributed by atoms with van der Waals surface area (Å²) in [7, 11) is -1.77. The number of rotatable bonds is 5. The summed E-state index contributed by atoms with van der Waals surface area (Å²) in [5.74, 6) is 0.0513. The van der Waals surface area contributed by atoms with Gasteiger partial charge >= 0.3 is 0 Å². The van der Waals surface area contributed by atoms with Crippen LogP contribution in [0, 0.1) is 0 Å². The summed E-state index contributed by atoms with van der Waals surface area (Å²) < 4.78 is 23.7. The van der Waals surface area contributed by atoms with Crippen LogP contribution in [-0.2, 0) is 14.7 Å². The van der Waals surface area contributed by atoms with Crippen molar-refractivity contribution in [1.29, 1.82) is 0 Å². The minimum Gasteiger partial charge on any atom is -0.399 e. The molecule has 0 spiro atoms. The first kappa shape index (κ1) is 12.7. The molecule has 0 bridgehead atoms. The molecule has 0 unspecified atom stereocenters. The summed E-state index contributed by atoms with van der Waals surface area (Å²) in [6.07, 6.45) is 0.380. The lowest BCUT2D eigenvalue weighted by atomic mass is 10.3. The van der Waals surface area contributed by atoms with Gasteiger partial charge in [0, 0.05) is 6.42 Å². The molecule has 0 radical (unpaired) electrons. The third-order valence-electron chi connectivity index (χ3n) is 2.08. The van der Waals surface area contributed by atoms with Crippen LogP contribution in [0.5, 0.6) is 0 Å². The Hall–Kier alpha value is -1.36.